The number of rotatable bonds is 3. The van der Waals surface area contributed by atoms with Crippen molar-refractivity contribution in [2.75, 3.05) is 5.75 Å². The fourth-order valence-electron chi connectivity index (χ4n) is 0.530. The van der Waals surface area contributed by atoms with Gasteiger partial charge in [0.05, 0.1) is 11.0 Å². The predicted molar refractivity (Wildman–Crippen MR) is 50.7 cm³/mol. The molecule has 0 aromatic rings. The molecule has 1 unspecified atom stereocenters. The van der Waals surface area contributed by atoms with Crippen molar-refractivity contribution in [3.63, 3.8) is 0 Å². The van der Waals surface area contributed by atoms with E-state index in [2.05, 4.69) is 11.8 Å². The predicted octanol–water partition coefficient (Wildman–Crippen LogP) is 2.11. The molecule has 0 saturated heterocycles. The van der Waals surface area contributed by atoms with Crippen LogP contribution in [0, 0.1) is 11.8 Å². The number of hydrogen-bond donors (Lipinski definition) is 0. The average molecular weight is 170 g/mol. The third-order valence-electron chi connectivity index (χ3n) is 1.02. The Morgan fingerprint density at radius 3 is 2.73 bits per heavy atom. The maximum absolute atomic E-state index is 10.6. The molecule has 0 saturated carbocycles. The Morgan fingerprint density at radius 1 is 1.64 bits per heavy atom. The first kappa shape index (κ1) is 10.6. The molecule has 2 heteroatoms. The highest BCUT2D eigenvalue weighted by atomic mass is 32.2. The van der Waals surface area contributed by atoms with Gasteiger partial charge in [0, 0.05) is 6.42 Å². The van der Waals surface area contributed by atoms with Gasteiger partial charge in [0.25, 0.3) is 0 Å². The third kappa shape index (κ3) is 7.48. The number of hydrogen-bond acceptors (Lipinski definition) is 2. The summed E-state index contributed by atoms with van der Waals surface area (Å²) < 4.78 is 0. The van der Waals surface area contributed by atoms with Gasteiger partial charge >= 0.3 is 0 Å². The monoisotopic (exact) mass is 170 g/mol. The highest BCUT2D eigenvalue weighted by molar-refractivity contribution is 8.00. The van der Waals surface area contributed by atoms with E-state index in [0.29, 0.717) is 11.0 Å². The summed E-state index contributed by atoms with van der Waals surface area (Å²) in [6.45, 7) is 5.65. The summed E-state index contributed by atoms with van der Waals surface area (Å²) in [5.41, 5.74) is 0. The lowest BCUT2D eigenvalue weighted by Crippen LogP contribution is -1.99. The second-order valence-corrected chi connectivity index (χ2v) is 3.66. The molecule has 1 atom stereocenters. The van der Waals surface area contributed by atoms with E-state index in [0.717, 1.165) is 6.42 Å². The molecule has 11 heavy (non-hydrogen) atoms. The molecule has 62 valence electrons. The Bertz CT molecular complexity index is 176. The largest absolute Gasteiger partial charge is 0.299 e. The van der Waals surface area contributed by atoms with Crippen molar-refractivity contribution in [3.05, 3.63) is 0 Å². The lowest BCUT2D eigenvalue weighted by Gasteiger charge is -1.99. The van der Waals surface area contributed by atoms with Gasteiger partial charge < -0.3 is 0 Å². The van der Waals surface area contributed by atoms with Gasteiger partial charge in [0.15, 0.2) is 0 Å². The quantitative estimate of drug-likeness (QED) is 0.603. The highest BCUT2D eigenvalue weighted by Gasteiger charge is 1.98. The normalized spacial score (nSPS) is 11.5. The molecule has 0 aromatic heterocycles. The molecule has 0 amide bonds. The number of carbonyl (C=O) groups excluding carboxylic acids is 1. The van der Waals surface area contributed by atoms with Gasteiger partial charge in [-0.3, -0.25) is 4.79 Å². The van der Waals surface area contributed by atoms with Crippen LogP contribution in [0.1, 0.15) is 27.2 Å². The van der Waals surface area contributed by atoms with Crippen LogP contribution in [0.2, 0.25) is 0 Å². The van der Waals surface area contributed by atoms with E-state index < -0.39 is 0 Å². The molecule has 0 rings (SSSR count). The molecule has 0 bridgehead atoms. The van der Waals surface area contributed by atoms with E-state index in [9.17, 15) is 4.79 Å². The van der Waals surface area contributed by atoms with Crippen molar-refractivity contribution in [2.45, 2.75) is 32.4 Å². The zero-order valence-corrected chi connectivity index (χ0v) is 8.12. The first-order valence-electron chi connectivity index (χ1n) is 3.76. The summed E-state index contributed by atoms with van der Waals surface area (Å²) in [6, 6.07) is 0. The van der Waals surface area contributed by atoms with Crippen molar-refractivity contribution < 1.29 is 4.79 Å². The van der Waals surface area contributed by atoms with Crippen LogP contribution in [0.25, 0.3) is 0 Å². The fourth-order valence-corrected chi connectivity index (χ4v) is 1.18. The van der Waals surface area contributed by atoms with Crippen LogP contribution in [0.5, 0.6) is 0 Å². The summed E-state index contributed by atoms with van der Waals surface area (Å²) in [5, 5.41) is 0.291. The minimum atomic E-state index is 0.222. The minimum absolute atomic E-state index is 0.222. The van der Waals surface area contributed by atoms with Crippen molar-refractivity contribution >= 4 is 17.5 Å². The van der Waals surface area contributed by atoms with Crippen LogP contribution in [-0.2, 0) is 4.79 Å². The summed E-state index contributed by atoms with van der Waals surface area (Å²) >= 11 is 1.60. The zero-order chi connectivity index (χ0) is 8.69. The topological polar surface area (TPSA) is 17.1 Å². The first-order chi connectivity index (χ1) is 5.16. The van der Waals surface area contributed by atoms with E-state index in [1.807, 2.05) is 13.8 Å². The molecule has 0 spiro atoms. The van der Waals surface area contributed by atoms with Crippen LogP contribution < -0.4 is 0 Å². The van der Waals surface area contributed by atoms with Gasteiger partial charge in [0.2, 0.25) is 0 Å². The van der Waals surface area contributed by atoms with Gasteiger partial charge in [-0.15, -0.1) is 17.7 Å². The molecule has 0 fully saturated rings. The third-order valence-corrected chi connectivity index (χ3v) is 2.21. The van der Waals surface area contributed by atoms with Gasteiger partial charge in [-0.25, -0.2) is 0 Å². The standard InChI is InChI=1S/C9H14OS/c1-4-5-6-9(3)11-7-8(2)10/h9H,4,7H2,1-3H3. The van der Waals surface area contributed by atoms with Crippen molar-refractivity contribution in [2.24, 2.45) is 0 Å². The molecule has 1 nitrogen and oxygen atoms in total. The van der Waals surface area contributed by atoms with E-state index in [-0.39, 0.29) is 5.78 Å². The number of thioether (sulfide) groups is 1. The van der Waals surface area contributed by atoms with Gasteiger partial charge in [-0.1, -0.05) is 12.8 Å². The van der Waals surface area contributed by atoms with Gasteiger partial charge in [-0.2, -0.15) is 0 Å². The van der Waals surface area contributed by atoms with Gasteiger partial charge in [0.1, 0.15) is 5.78 Å². The molecule has 0 aliphatic carbocycles. The Morgan fingerprint density at radius 2 is 2.27 bits per heavy atom. The summed E-state index contributed by atoms with van der Waals surface area (Å²) in [7, 11) is 0. The first-order valence-corrected chi connectivity index (χ1v) is 4.81. The van der Waals surface area contributed by atoms with E-state index in [4.69, 9.17) is 0 Å². The molecule has 0 N–H and O–H groups in total. The average Bonchev–Trinajstić information content (AvgIpc) is 1.97. The Kier molecular flexibility index (Phi) is 6.06. The molecule has 0 aromatic carbocycles. The maximum atomic E-state index is 10.6. The number of Topliss-reactive ketones (excluding diaryl/α,β-unsaturated/α-hetero) is 1. The van der Waals surface area contributed by atoms with Crippen LogP contribution >= 0.6 is 11.8 Å². The Balaban J connectivity index is 3.52. The smallest absolute Gasteiger partial charge is 0.139 e. The van der Waals surface area contributed by atoms with Crippen LogP contribution in [-0.4, -0.2) is 16.8 Å². The van der Waals surface area contributed by atoms with Crippen LogP contribution in [0.15, 0.2) is 0 Å². The number of carbonyl (C=O) groups is 1. The summed E-state index contributed by atoms with van der Waals surface area (Å²) in [4.78, 5) is 10.6. The van der Waals surface area contributed by atoms with Crippen molar-refractivity contribution in [1.82, 2.24) is 0 Å². The molecular formula is C9H14OS. The van der Waals surface area contributed by atoms with E-state index >= 15 is 0 Å². The van der Waals surface area contributed by atoms with Crippen LogP contribution in [0.3, 0.4) is 0 Å². The Labute approximate surface area is 72.9 Å². The Hall–Kier alpha value is -0.420. The van der Waals surface area contributed by atoms with E-state index in [1.54, 1.807) is 18.7 Å². The number of ketones is 1. The second-order valence-electron chi connectivity index (χ2n) is 2.33. The molecule has 0 aliphatic rings. The summed E-state index contributed by atoms with van der Waals surface area (Å²) in [6.07, 6.45) is 0.894. The molecular weight excluding hydrogens is 156 g/mol. The molecule has 0 aliphatic heterocycles. The van der Waals surface area contributed by atoms with Gasteiger partial charge in [-0.05, 0) is 13.8 Å². The minimum Gasteiger partial charge on any atom is -0.299 e. The molecule has 0 heterocycles. The van der Waals surface area contributed by atoms with Crippen molar-refractivity contribution in [1.29, 1.82) is 0 Å². The zero-order valence-electron chi connectivity index (χ0n) is 7.31. The lowest BCUT2D eigenvalue weighted by molar-refractivity contribution is -0.114. The highest BCUT2D eigenvalue weighted by Crippen LogP contribution is 2.08. The fraction of sp³-hybridized carbons (Fsp3) is 0.667. The maximum Gasteiger partial charge on any atom is 0.139 e. The van der Waals surface area contributed by atoms with Crippen LogP contribution in [0.4, 0.5) is 0 Å². The lowest BCUT2D eigenvalue weighted by atomic mass is 10.4. The molecule has 0 radical (unpaired) electrons. The van der Waals surface area contributed by atoms with Crippen molar-refractivity contribution in [3.8, 4) is 11.8 Å². The summed E-state index contributed by atoms with van der Waals surface area (Å²) in [5.74, 6) is 6.84. The SMILES string of the molecule is CCC#CC(C)SCC(C)=O. The second kappa shape index (κ2) is 6.30. The van der Waals surface area contributed by atoms with E-state index in [1.165, 1.54) is 0 Å².